The molecule has 2 aromatic heterocycles. The number of para-hydroxylation sites is 3. The van der Waals surface area contributed by atoms with Crippen LogP contribution in [0.1, 0.15) is 11.1 Å². The average Bonchev–Trinajstić information content (AvgIpc) is 3.39. The summed E-state index contributed by atoms with van der Waals surface area (Å²) in [6, 6.07) is 20.9. The molecule has 3 aromatic carbocycles. The van der Waals surface area contributed by atoms with Crippen molar-refractivity contribution in [3.63, 3.8) is 0 Å². The third kappa shape index (κ3) is 3.92. The molecule has 9 nitrogen and oxygen atoms in total. The van der Waals surface area contributed by atoms with Crippen molar-refractivity contribution < 1.29 is 13.2 Å². The lowest BCUT2D eigenvalue weighted by molar-refractivity contribution is 0.413. The largest absolute Gasteiger partial charge is 0.495 e. The lowest BCUT2D eigenvalue weighted by Crippen LogP contribution is -2.47. The van der Waals surface area contributed by atoms with Crippen molar-refractivity contribution in [2.24, 2.45) is 0 Å². The van der Waals surface area contributed by atoms with Gasteiger partial charge in [0.05, 0.1) is 23.2 Å². The summed E-state index contributed by atoms with van der Waals surface area (Å²) >= 11 is 0. The average molecular weight is 529 g/mol. The summed E-state index contributed by atoms with van der Waals surface area (Å²) < 4.78 is 34.4. The zero-order valence-corrected chi connectivity index (χ0v) is 22.3. The third-order valence-electron chi connectivity index (χ3n) is 7.25. The fourth-order valence-electron chi connectivity index (χ4n) is 4.99. The van der Waals surface area contributed by atoms with Crippen LogP contribution >= 0.6 is 0 Å². The highest BCUT2D eigenvalue weighted by Crippen LogP contribution is 2.33. The highest BCUT2D eigenvalue weighted by atomic mass is 32.2. The number of nitrogens with zero attached hydrogens (tertiary/aromatic N) is 6. The van der Waals surface area contributed by atoms with Gasteiger partial charge in [0.2, 0.25) is 14.9 Å². The number of rotatable bonds is 5. The first-order chi connectivity index (χ1) is 18.4. The fraction of sp³-hybridized carbons (Fsp3) is 0.250. The maximum atomic E-state index is 13.7. The lowest BCUT2D eigenvalue weighted by atomic mass is 10.1. The molecule has 0 saturated carbocycles. The number of anilines is 2. The van der Waals surface area contributed by atoms with Gasteiger partial charge in [-0.1, -0.05) is 35.5 Å². The summed E-state index contributed by atoms with van der Waals surface area (Å²) in [6.45, 7) is 6.82. The number of hydrogen-bond donors (Lipinski definition) is 0. The summed E-state index contributed by atoms with van der Waals surface area (Å²) in [5.74, 6) is 1.57. The number of aromatic nitrogens is 4. The van der Waals surface area contributed by atoms with E-state index in [4.69, 9.17) is 9.72 Å². The van der Waals surface area contributed by atoms with E-state index in [2.05, 4.69) is 26.2 Å². The van der Waals surface area contributed by atoms with Crippen molar-refractivity contribution in [1.29, 1.82) is 0 Å². The Morgan fingerprint density at radius 1 is 0.842 bits per heavy atom. The molecule has 3 heterocycles. The number of methoxy groups -OCH3 is 1. The molecule has 1 saturated heterocycles. The Labute approximate surface area is 221 Å². The number of sulfone groups is 1. The molecule has 10 heteroatoms. The predicted octanol–water partition coefficient (Wildman–Crippen LogP) is 4.06. The highest BCUT2D eigenvalue weighted by molar-refractivity contribution is 7.91. The van der Waals surface area contributed by atoms with E-state index in [1.807, 2.05) is 62.4 Å². The Hall–Kier alpha value is -4.18. The van der Waals surface area contributed by atoms with E-state index in [0.29, 0.717) is 13.1 Å². The molecule has 1 fully saturated rings. The summed E-state index contributed by atoms with van der Waals surface area (Å²) in [7, 11) is -2.24. The molecule has 38 heavy (non-hydrogen) atoms. The molecule has 0 N–H and O–H groups in total. The molecule has 0 unspecified atom stereocenters. The molecule has 0 atom stereocenters. The van der Waals surface area contributed by atoms with Gasteiger partial charge in [-0.15, -0.1) is 5.10 Å². The van der Waals surface area contributed by atoms with Crippen LogP contribution in [0.5, 0.6) is 5.75 Å². The van der Waals surface area contributed by atoms with Gasteiger partial charge in [0.1, 0.15) is 11.6 Å². The Morgan fingerprint density at radius 2 is 1.55 bits per heavy atom. The number of ether oxygens (including phenoxy) is 1. The predicted molar refractivity (Wildman–Crippen MR) is 147 cm³/mol. The molecule has 0 amide bonds. The Kier molecular flexibility index (Phi) is 5.91. The molecule has 5 aromatic rings. The van der Waals surface area contributed by atoms with Crippen molar-refractivity contribution in [1.82, 2.24) is 19.8 Å². The standard InChI is InChI=1S/C28H28N6O3S/c1-19-12-13-21(18-20(19)2)38(35,36)28-27-29-26(22-8-4-5-9-23(22)34(27)31-30-28)33-16-14-32(15-17-33)24-10-6-7-11-25(24)37-3/h4-13,18H,14-17H2,1-3H3. The van der Waals surface area contributed by atoms with Crippen LogP contribution in [0.15, 0.2) is 76.7 Å². The van der Waals surface area contributed by atoms with Gasteiger partial charge in [-0.05, 0) is 61.4 Å². The number of piperazine rings is 1. The molecule has 0 bridgehead atoms. The van der Waals surface area contributed by atoms with Crippen LogP contribution in [-0.2, 0) is 9.84 Å². The number of fused-ring (bicyclic) bond motifs is 3. The van der Waals surface area contributed by atoms with Gasteiger partial charge in [0.25, 0.3) is 0 Å². The Bertz CT molecular complexity index is 1770. The maximum absolute atomic E-state index is 13.7. The normalized spacial score (nSPS) is 14.4. The Balaban J connectivity index is 1.42. The topological polar surface area (TPSA) is 92.9 Å². The third-order valence-corrected chi connectivity index (χ3v) is 8.90. The van der Waals surface area contributed by atoms with E-state index in [1.165, 1.54) is 4.52 Å². The van der Waals surface area contributed by atoms with Gasteiger partial charge in [0.15, 0.2) is 5.65 Å². The van der Waals surface area contributed by atoms with Crippen molar-refractivity contribution in [3.8, 4) is 5.75 Å². The van der Waals surface area contributed by atoms with E-state index < -0.39 is 9.84 Å². The molecule has 1 aliphatic heterocycles. The van der Waals surface area contributed by atoms with Crippen LogP contribution < -0.4 is 14.5 Å². The van der Waals surface area contributed by atoms with Gasteiger partial charge in [-0.2, -0.15) is 4.52 Å². The van der Waals surface area contributed by atoms with Crippen molar-refractivity contribution >= 4 is 37.9 Å². The second-order valence-corrected chi connectivity index (χ2v) is 11.3. The van der Waals surface area contributed by atoms with Crippen LogP contribution in [0, 0.1) is 13.8 Å². The molecule has 0 spiro atoms. The first-order valence-corrected chi connectivity index (χ1v) is 14.0. The Morgan fingerprint density at radius 3 is 2.32 bits per heavy atom. The van der Waals surface area contributed by atoms with Gasteiger partial charge < -0.3 is 14.5 Å². The van der Waals surface area contributed by atoms with Gasteiger partial charge >= 0.3 is 0 Å². The SMILES string of the molecule is COc1ccccc1N1CCN(c2nc3c(S(=O)(=O)c4ccc(C)c(C)c4)nnn3c3ccccc23)CC1. The van der Waals surface area contributed by atoms with Crippen molar-refractivity contribution in [3.05, 3.63) is 77.9 Å². The van der Waals surface area contributed by atoms with E-state index in [-0.39, 0.29) is 15.6 Å². The van der Waals surface area contributed by atoms with Crippen LogP contribution in [0.3, 0.4) is 0 Å². The van der Waals surface area contributed by atoms with Crippen molar-refractivity contribution in [2.45, 2.75) is 23.8 Å². The van der Waals surface area contributed by atoms with Gasteiger partial charge in [0, 0.05) is 31.6 Å². The van der Waals surface area contributed by atoms with E-state index in [9.17, 15) is 8.42 Å². The summed E-state index contributed by atoms with van der Waals surface area (Å²) in [5.41, 5.74) is 3.97. The number of aryl methyl sites for hydroxylation is 2. The molecule has 194 valence electrons. The molecular weight excluding hydrogens is 500 g/mol. The first-order valence-electron chi connectivity index (χ1n) is 12.5. The molecule has 0 aliphatic carbocycles. The minimum atomic E-state index is -3.93. The van der Waals surface area contributed by atoms with Crippen LogP contribution in [0.2, 0.25) is 0 Å². The fourth-order valence-corrected chi connectivity index (χ4v) is 6.31. The lowest BCUT2D eigenvalue weighted by Gasteiger charge is -2.37. The van der Waals surface area contributed by atoms with Gasteiger partial charge in [-0.3, -0.25) is 0 Å². The zero-order valence-electron chi connectivity index (χ0n) is 21.5. The van der Waals surface area contributed by atoms with E-state index in [0.717, 1.165) is 52.4 Å². The second kappa shape index (κ2) is 9.29. The zero-order chi connectivity index (χ0) is 26.4. The summed E-state index contributed by atoms with van der Waals surface area (Å²) in [4.78, 5) is 9.58. The first kappa shape index (κ1) is 24.2. The van der Waals surface area contributed by atoms with Crippen LogP contribution in [0.4, 0.5) is 11.5 Å². The monoisotopic (exact) mass is 528 g/mol. The summed E-state index contributed by atoms with van der Waals surface area (Å²) in [6.07, 6.45) is 0. The number of benzene rings is 3. The molecule has 1 aliphatic rings. The van der Waals surface area contributed by atoms with E-state index >= 15 is 0 Å². The number of hydrogen-bond acceptors (Lipinski definition) is 8. The van der Waals surface area contributed by atoms with Crippen LogP contribution in [0.25, 0.3) is 16.6 Å². The smallest absolute Gasteiger partial charge is 0.229 e. The van der Waals surface area contributed by atoms with E-state index in [1.54, 1.807) is 19.2 Å². The van der Waals surface area contributed by atoms with Crippen molar-refractivity contribution in [2.75, 3.05) is 43.1 Å². The minimum absolute atomic E-state index is 0.139. The molecular formula is C28H28N6O3S. The quantitative estimate of drug-likeness (QED) is 0.337. The second-order valence-electron chi connectivity index (χ2n) is 9.48. The molecule has 0 radical (unpaired) electrons. The molecule has 6 rings (SSSR count). The van der Waals surface area contributed by atoms with Crippen LogP contribution in [-0.4, -0.2) is 61.5 Å². The highest BCUT2D eigenvalue weighted by Gasteiger charge is 2.29. The summed E-state index contributed by atoms with van der Waals surface area (Å²) in [5, 5.41) is 9.10. The maximum Gasteiger partial charge on any atom is 0.229 e. The minimum Gasteiger partial charge on any atom is -0.495 e. The van der Waals surface area contributed by atoms with Gasteiger partial charge in [-0.25, -0.2) is 13.4 Å².